The Kier molecular flexibility index (Phi) is 5.79. The highest BCUT2D eigenvalue weighted by Gasteiger charge is 2.14. The number of ether oxygens (including phenoxy) is 1. The minimum absolute atomic E-state index is 0.0670. The van der Waals surface area contributed by atoms with Crippen LogP contribution in [0.1, 0.15) is 21.5 Å². The van der Waals surface area contributed by atoms with Gasteiger partial charge < -0.3 is 9.64 Å². The van der Waals surface area contributed by atoms with Crippen LogP contribution in [0.15, 0.2) is 42.5 Å². The van der Waals surface area contributed by atoms with Crippen molar-refractivity contribution in [2.45, 2.75) is 12.3 Å². The fraction of sp³-hybridized carbons (Fsp3) is 0.278. The van der Waals surface area contributed by atoms with Crippen LogP contribution in [0, 0.1) is 5.82 Å². The van der Waals surface area contributed by atoms with Gasteiger partial charge in [0, 0.05) is 25.4 Å². The standard InChI is InChI=1S/C18H20FNO4S/c1-20(11-14-6-9-17(24-2)16(19)10-14)18(21)15-7-4-13(5-8-15)12-25(3,22)23/h4-10H,11-12H2,1-3H3. The first-order chi connectivity index (χ1) is 11.7. The lowest BCUT2D eigenvalue weighted by Crippen LogP contribution is -2.26. The van der Waals surface area contributed by atoms with E-state index in [4.69, 9.17) is 4.74 Å². The van der Waals surface area contributed by atoms with Gasteiger partial charge in [-0.1, -0.05) is 18.2 Å². The van der Waals surface area contributed by atoms with Gasteiger partial charge in [0.15, 0.2) is 21.4 Å². The largest absolute Gasteiger partial charge is 0.494 e. The van der Waals surface area contributed by atoms with Crippen molar-refractivity contribution in [2.24, 2.45) is 0 Å². The van der Waals surface area contributed by atoms with Crippen molar-refractivity contribution >= 4 is 15.7 Å². The smallest absolute Gasteiger partial charge is 0.253 e. The third kappa shape index (κ3) is 5.29. The number of methoxy groups -OCH3 is 1. The second-order valence-electron chi connectivity index (χ2n) is 5.90. The second kappa shape index (κ2) is 7.65. The van der Waals surface area contributed by atoms with Crippen LogP contribution in [-0.4, -0.2) is 39.6 Å². The molecular formula is C18H20FNO4S. The zero-order chi connectivity index (χ0) is 18.6. The molecule has 0 aromatic heterocycles. The molecule has 2 aromatic rings. The minimum Gasteiger partial charge on any atom is -0.494 e. The summed E-state index contributed by atoms with van der Waals surface area (Å²) in [7, 11) is -0.108. The zero-order valence-electron chi connectivity index (χ0n) is 14.3. The lowest BCUT2D eigenvalue weighted by Gasteiger charge is -2.18. The van der Waals surface area contributed by atoms with Crippen LogP contribution in [0.3, 0.4) is 0 Å². The van der Waals surface area contributed by atoms with Crippen LogP contribution in [0.5, 0.6) is 5.75 Å². The molecule has 0 N–H and O–H groups in total. The van der Waals surface area contributed by atoms with E-state index in [1.165, 1.54) is 24.1 Å². The van der Waals surface area contributed by atoms with Gasteiger partial charge in [-0.25, -0.2) is 12.8 Å². The van der Waals surface area contributed by atoms with Crippen molar-refractivity contribution < 1.29 is 22.3 Å². The molecule has 0 fully saturated rings. The Morgan fingerprint density at radius 1 is 1.12 bits per heavy atom. The van der Waals surface area contributed by atoms with E-state index >= 15 is 0 Å². The number of hydrogen-bond acceptors (Lipinski definition) is 4. The highest BCUT2D eigenvalue weighted by Crippen LogP contribution is 2.19. The number of rotatable bonds is 6. The van der Waals surface area contributed by atoms with Crippen molar-refractivity contribution in [3.05, 3.63) is 65.0 Å². The average molecular weight is 365 g/mol. The number of sulfone groups is 1. The highest BCUT2D eigenvalue weighted by molar-refractivity contribution is 7.89. The first-order valence-electron chi connectivity index (χ1n) is 7.54. The molecule has 0 atom stereocenters. The zero-order valence-corrected chi connectivity index (χ0v) is 15.1. The number of benzene rings is 2. The van der Waals surface area contributed by atoms with Gasteiger partial charge in [-0.15, -0.1) is 0 Å². The van der Waals surface area contributed by atoms with Crippen LogP contribution in [0.2, 0.25) is 0 Å². The van der Waals surface area contributed by atoms with Gasteiger partial charge in [-0.2, -0.15) is 0 Å². The maximum absolute atomic E-state index is 13.7. The summed E-state index contributed by atoms with van der Waals surface area (Å²) in [6.07, 6.45) is 1.16. The number of carbonyl (C=O) groups is 1. The van der Waals surface area contributed by atoms with Crippen LogP contribution >= 0.6 is 0 Å². The third-order valence-electron chi connectivity index (χ3n) is 3.61. The number of halogens is 1. The molecule has 7 heteroatoms. The fourth-order valence-electron chi connectivity index (χ4n) is 2.42. The van der Waals surface area contributed by atoms with Crippen molar-refractivity contribution in [3.8, 4) is 5.75 Å². The van der Waals surface area contributed by atoms with E-state index in [-0.39, 0.29) is 24.0 Å². The van der Waals surface area contributed by atoms with Crippen molar-refractivity contribution in [1.82, 2.24) is 4.90 Å². The van der Waals surface area contributed by atoms with Crippen LogP contribution < -0.4 is 4.74 Å². The van der Waals surface area contributed by atoms with E-state index in [1.54, 1.807) is 37.4 Å². The van der Waals surface area contributed by atoms with E-state index < -0.39 is 15.7 Å². The minimum atomic E-state index is -3.12. The molecule has 0 spiro atoms. The molecule has 134 valence electrons. The number of carbonyl (C=O) groups excluding carboxylic acids is 1. The summed E-state index contributed by atoms with van der Waals surface area (Å²) in [5.74, 6) is -0.630. The van der Waals surface area contributed by atoms with E-state index in [2.05, 4.69) is 0 Å². The summed E-state index contributed by atoms with van der Waals surface area (Å²) >= 11 is 0. The predicted octanol–water partition coefficient (Wildman–Crippen LogP) is 2.65. The monoisotopic (exact) mass is 365 g/mol. The van der Waals surface area contributed by atoms with E-state index in [0.29, 0.717) is 16.7 Å². The van der Waals surface area contributed by atoms with Crippen molar-refractivity contribution in [3.63, 3.8) is 0 Å². The summed E-state index contributed by atoms with van der Waals surface area (Å²) in [5, 5.41) is 0. The maximum atomic E-state index is 13.7. The molecule has 0 aliphatic carbocycles. The summed E-state index contributed by atoms with van der Waals surface area (Å²) in [5.41, 5.74) is 1.70. The summed E-state index contributed by atoms with van der Waals surface area (Å²) in [6.45, 7) is 0.241. The van der Waals surface area contributed by atoms with Gasteiger partial charge in [0.1, 0.15) is 0 Å². The molecule has 0 bridgehead atoms. The van der Waals surface area contributed by atoms with Crippen molar-refractivity contribution in [1.29, 1.82) is 0 Å². The molecule has 2 rings (SSSR count). The molecule has 0 saturated heterocycles. The molecule has 0 heterocycles. The van der Waals surface area contributed by atoms with E-state index in [0.717, 1.165) is 6.26 Å². The molecule has 1 amide bonds. The second-order valence-corrected chi connectivity index (χ2v) is 8.04. The van der Waals surface area contributed by atoms with E-state index in [1.807, 2.05) is 0 Å². The Hall–Kier alpha value is -2.41. The molecule has 2 aromatic carbocycles. The van der Waals surface area contributed by atoms with Gasteiger partial charge in [-0.05, 0) is 35.4 Å². The molecular weight excluding hydrogens is 345 g/mol. The molecule has 0 radical (unpaired) electrons. The average Bonchev–Trinajstić information content (AvgIpc) is 2.53. The van der Waals surface area contributed by atoms with Gasteiger partial charge in [0.25, 0.3) is 5.91 Å². The third-order valence-corrected chi connectivity index (χ3v) is 4.47. The van der Waals surface area contributed by atoms with Crippen LogP contribution in [0.25, 0.3) is 0 Å². The Morgan fingerprint density at radius 2 is 1.72 bits per heavy atom. The quantitative estimate of drug-likeness (QED) is 0.789. The van der Waals surface area contributed by atoms with Crippen LogP contribution in [-0.2, 0) is 22.1 Å². The molecule has 0 aliphatic heterocycles. The van der Waals surface area contributed by atoms with Crippen LogP contribution in [0.4, 0.5) is 4.39 Å². The lowest BCUT2D eigenvalue weighted by atomic mass is 10.1. The number of amides is 1. The number of nitrogens with zero attached hydrogens (tertiary/aromatic N) is 1. The highest BCUT2D eigenvalue weighted by atomic mass is 32.2. The van der Waals surface area contributed by atoms with E-state index in [9.17, 15) is 17.6 Å². The topological polar surface area (TPSA) is 63.7 Å². The number of hydrogen-bond donors (Lipinski definition) is 0. The summed E-state index contributed by atoms with van der Waals surface area (Å²) in [6, 6.07) is 11.0. The first kappa shape index (κ1) is 18.9. The normalized spacial score (nSPS) is 11.2. The summed E-state index contributed by atoms with van der Waals surface area (Å²) in [4.78, 5) is 13.9. The molecule has 0 unspecified atom stereocenters. The van der Waals surface area contributed by atoms with Gasteiger partial charge in [-0.3, -0.25) is 4.79 Å². The lowest BCUT2D eigenvalue weighted by molar-refractivity contribution is 0.0785. The fourth-order valence-corrected chi connectivity index (χ4v) is 3.22. The van der Waals surface area contributed by atoms with Crippen molar-refractivity contribution in [2.75, 3.05) is 20.4 Å². The molecule has 0 saturated carbocycles. The molecule has 0 aliphatic rings. The maximum Gasteiger partial charge on any atom is 0.253 e. The Morgan fingerprint density at radius 3 is 2.24 bits per heavy atom. The SMILES string of the molecule is COc1ccc(CN(C)C(=O)c2ccc(CS(C)(=O)=O)cc2)cc1F. The predicted molar refractivity (Wildman–Crippen MR) is 93.7 cm³/mol. The Labute approximate surface area is 147 Å². The molecule has 25 heavy (non-hydrogen) atoms. The summed E-state index contributed by atoms with van der Waals surface area (Å²) < 4.78 is 41.2. The van der Waals surface area contributed by atoms with Gasteiger partial charge in [0.2, 0.25) is 0 Å². The first-order valence-corrected chi connectivity index (χ1v) is 9.60. The van der Waals surface area contributed by atoms with Gasteiger partial charge in [0.05, 0.1) is 12.9 Å². The molecule has 5 nitrogen and oxygen atoms in total. The van der Waals surface area contributed by atoms with Gasteiger partial charge >= 0.3 is 0 Å². The Bertz CT molecular complexity index is 863. The Balaban J connectivity index is 2.08.